The Balaban J connectivity index is 1.52. The Bertz CT molecular complexity index is 664. The molecular formula is C24H37NO2. The second kappa shape index (κ2) is 7.24. The van der Waals surface area contributed by atoms with E-state index >= 15 is 0 Å². The van der Waals surface area contributed by atoms with Crippen LogP contribution in [0.25, 0.3) is 0 Å². The monoisotopic (exact) mass is 371 g/mol. The molecule has 1 saturated heterocycles. The maximum Gasteiger partial charge on any atom is 0.226 e. The lowest BCUT2D eigenvalue weighted by atomic mass is 9.59. The summed E-state index contributed by atoms with van der Waals surface area (Å²) in [7, 11) is 0. The lowest BCUT2D eigenvalue weighted by Gasteiger charge is -2.60. The molecule has 27 heavy (non-hydrogen) atoms. The van der Waals surface area contributed by atoms with Gasteiger partial charge < -0.3 is 10.0 Å². The van der Waals surface area contributed by atoms with Crippen LogP contribution in [0.1, 0.15) is 73.1 Å². The van der Waals surface area contributed by atoms with E-state index in [1.807, 2.05) is 6.92 Å². The van der Waals surface area contributed by atoms with Crippen LogP contribution in [0.15, 0.2) is 35.5 Å². The molecule has 3 rings (SSSR count). The van der Waals surface area contributed by atoms with Crippen LogP contribution in [0.2, 0.25) is 0 Å². The van der Waals surface area contributed by atoms with Crippen molar-refractivity contribution in [3.8, 4) is 0 Å². The van der Waals surface area contributed by atoms with Gasteiger partial charge in [-0.3, -0.25) is 4.79 Å². The summed E-state index contributed by atoms with van der Waals surface area (Å²) in [5, 5.41) is 9.92. The molecule has 3 heteroatoms. The Kier molecular flexibility index (Phi) is 5.46. The van der Waals surface area contributed by atoms with E-state index in [1.54, 1.807) is 0 Å². The lowest BCUT2D eigenvalue weighted by Crippen LogP contribution is -2.68. The van der Waals surface area contributed by atoms with Crippen LogP contribution >= 0.6 is 0 Å². The van der Waals surface area contributed by atoms with Gasteiger partial charge in [-0.15, -0.1) is 0 Å². The Morgan fingerprint density at radius 1 is 1.11 bits per heavy atom. The van der Waals surface area contributed by atoms with Gasteiger partial charge in [-0.1, -0.05) is 35.5 Å². The predicted octanol–water partition coefficient (Wildman–Crippen LogP) is 5.02. The van der Waals surface area contributed by atoms with Gasteiger partial charge in [0.05, 0.1) is 5.60 Å². The van der Waals surface area contributed by atoms with Crippen molar-refractivity contribution in [1.82, 2.24) is 4.90 Å². The van der Waals surface area contributed by atoms with Crippen LogP contribution in [0.4, 0.5) is 0 Å². The molecule has 2 saturated carbocycles. The largest absolute Gasteiger partial charge is 0.390 e. The molecule has 0 bridgehead atoms. The molecule has 1 spiro atoms. The molecule has 1 atom stereocenters. The van der Waals surface area contributed by atoms with Crippen LogP contribution in [0.3, 0.4) is 0 Å². The lowest BCUT2D eigenvalue weighted by molar-refractivity contribution is -0.174. The van der Waals surface area contributed by atoms with Gasteiger partial charge in [0, 0.05) is 23.9 Å². The molecule has 3 fully saturated rings. The van der Waals surface area contributed by atoms with Gasteiger partial charge in [0.2, 0.25) is 5.91 Å². The summed E-state index contributed by atoms with van der Waals surface area (Å²) in [6.07, 6.45) is 10.5. The smallest absolute Gasteiger partial charge is 0.226 e. The first kappa shape index (κ1) is 20.4. The van der Waals surface area contributed by atoms with E-state index in [4.69, 9.17) is 0 Å². The summed E-state index contributed by atoms with van der Waals surface area (Å²) in [5.74, 6) is 0.889. The minimum Gasteiger partial charge on any atom is -0.390 e. The third kappa shape index (κ3) is 4.08. The molecule has 2 aliphatic carbocycles. The Morgan fingerprint density at radius 2 is 1.70 bits per heavy atom. The van der Waals surface area contributed by atoms with E-state index in [0.717, 1.165) is 6.54 Å². The van der Waals surface area contributed by atoms with Crippen molar-refractivity contribution in [3.63, 3.8) is 0 Å². The summed E-state index contributed by atoms with van der Waals surface area (Å²) in [5.41, 5.74) is 3.56. The number of allylic oxidation sites excluding steroid dienone is 5. The number of carbonyl (C=O) groups excluding carboxylic acids is 1. The van der Waals surface area contributed by atoms with Crippen molar-refractivity contribution in [3.05, 3.63) is 35.5 Å². The normalized spacial score (nSPS) is 38.8. The van der Waals surface area contributed by atoms with E-state index in [2.05, 4.69) is 51.3 Å². The molecule has 0 aromatic carbocycles. The van der Waals surface area contributed by atoms with Gasteiger partial charge in [0.15, 0.2) is 0 Å². The maximum atomic E-state index is 12.7. The molecule has 0 unspecified atom stereocenters. The van der Waals surface area contributed by atoms with Crippen LogP contribution in [-0.2, 0) is 4.79 Å². The quantitative estimate of drug-likeness (QED) is 0.705. The average Bonchev–Trinajstić information content (AvgIpc) is 2.56. The number of nitrogens with zero attached hydrogens (tertiary/aromatic N) is 1. The number of hydrogen-bond donors (Lipinski definition) is 1. The van der Waals surface area contributed by atoms with E-state index in [0.29, 0.717) is 30.2 Å². The minimum absolute atomic E-state index is 0.0408. The molecule has 1 amide bonds. The highest BCUT2D eigenvalue weighted by Gasteiger charge is 2.55. The molecule has 3 nitrogen and oxygen atoms in total. The Labute approximate surface area is 165 Å². The molecule has 3 aliphatic rings. The number of amides is 1. The molecule has 1 aliphatic heterocycles. The van der Waals surface area contributed by atoms with E-state index in [-0.39, 0.29) is 11.8 Å². The number of likely N-dealkylation sites (tertiary alicyclic amines) is 1. The number of carbonyl (C=O) groups is 1. The van der Waals surface area contributed by atoms with Crippen LogP contribution in [-0.4, -0.2) is 34.1 Å². The first-order valence-corrected chi connectivity index (χ1v) is 10.6. The van der Waals surface area contributed by atoms with Crippen molar-refractivity contribution in [1.29, 1.82) is 0 Å². The molecule has 150 valence electrons. The zero-order valence-electron chi connectivity index (χ0n) is 17.8. The summed E-state index contributed by atoms with van der Waals surface area (Å²) in [6.45, 7) is 15.7. The van der Waals surface area contributed by atoms with Gasteiger partial charge in [-0.05, 0) is 79.1 Å². The highest BCUT2D eigenvalue weighted by Crippen LogP contribution is 2.52. The van der Waals surface area contributed by atoms with Gasteiger partial charge >= 0.3 is 0 Å². The zero-order chi connectivity index (χ0) is 20.0. The van der Waals surface area contributed by atoms with Crippen molar-refractivity contribution < 1.29 is 9.90 Å². The van der Waals surface area contributed by atoms with Gasteiger partial charge in [-0.2, -0.15) is 0 Å². The standard InChI is InChI=1S/C24H37NO2/c1-16(2)11-17(3)12-18(4)20-7-9-24(10-8-20)15-25(19(24)5)22(26)21-13-23(6,27)14-21/h11-12,19-21,27H,4,7-10,13-15H2,1-3,5-6H3/b17-12-/t19-,20?,21?,23?,24?/m0/s1. The topological polar surface area (TPSA) is 40.5 Å². The number of rotatable bonds is 4. The SMILES string of the molecule is C=C(/C=C(/C)C=C(C)C)C1CCC2(CC1)CN(C(=O)C1CC(C)(O)C1)[C@H]2C. The number of hydrogen-bond acceptors (Lipinski definition) is 2. The van der Waals surface area contributed by atoms with E-state index < -0.39 is 5.60 Å². The first-order chi connectivity index (χ1) is 12.5. The summed E-state index contributed by atoms with van der Waals surface area (Å²) >= 11 is 0. The molecule has 0 aromatic rings. The van der Waals surface area contributed by atoms with Gasteiger partial charge in [0.1, 0.15) is 0 Å². The van der Waals surface area contributed by atoms with E-state index in [9.17, 15) is 9.90 Å². The van der Waals surface area contributed by atoms with Crippen molar-refractivity contribution >= 4 is 5.91 Å². The number of aliphatic hydroxyl groups is 1. The maximum absolute atomic E-state index is 12.7. The highest BCUT2D eigenvalue weighted by atomic mass is 16.3. The van der Waals surface area contributed by atoms with Crippen molar-refractivity contribution in [2.24, 2.45) is 17.3 Å². The van der Waals surface area contributed by atoms with Crippen molar-refractivity contribution in [2.45, 2.75) is 84.8 Å². The highest BCUT2D eigenvalue weighted by molar-refractivity contribution is 5.81. The zero-order valence-corrected chi connectivity index (χ0v) is 17.8. The fourth-order valence-electron chi connectivity index (χ4n) is 5.55. The van der Waals surface area contributed by atoms with Gasteiger partial charge in [0.25, 0.3) is 0 Å². The molecule has 1 heterocycles. The predicted molar refractivity (Wildman–Crippen MR) is 111 cm³/mol. The molecular weight excluding hydrogens is 334 g/mol. The molecule has 0 radical (unpaired) electrons. The fourth-order valence-corrected chi connectivity index (χ4v) is 5.55. The van der Waals surface area contributed by atoms with Crippen LogP contribution < -0.4 is 0 Å². The van der Waals surface area contributed by atoms with Crippen LogP contribution in [0, 0.1) is 17.3 Å². The third-order valence-electron chi connectivity index (χ3n) is 7.28. The summed E-state index contributed by atoms with van der Waals surface area (Å²) in [6, 6.07) is 0.340. The first-order valence-electron chi connectivity index (χ1n) is 10.6. The summed E-state index contributed by atoms with van der Waals surface area (Å²) in [4.78, 5) is 14.8. The third-order valence-corrected chi connectivity index (χ3v) is 7.28. The second-order valence-corrected chi connectivity index (χ2v) is 10.1. The molecule has 1 N–H and O–H groups in total. The fraction of sp³-hybridized carbons (Fsp3) is 0.708. The Morgan fingerprint density at radius 3 is 2.19 bits per heavy atom. The molecule has 0 aromatic heterocycles. The van der Waals surface area contributed by atoms with E-state index in [1.165, 1.54) is 42.4 Å². The minimum atomic E-state index is -0.623. The Hall–Kier alpha value is -1.35. The van der Waals surface area contributed by atoms with Gasteiger partial charge in [-0.25, -0.2) is 0 Å². The van der Waals surface area contributed by atoms with Crippen LogP contribution in [0.5, 0.6) is 0 Å². The second-order valence-electron chi connectivity index (χ2n) is 10.1. The average molecular weight is 372 g/mol. The summed E-state index contributed by atoms with van der Waals surface area (Å²) < 4.78 is 0. The van der Waals surface area contributed by atoms with Crippen molar-refractivity contribution in [2.75, 3.05) is 6.54 Å².